The van der Waals surface area contributed by atoms with Crippen LogP contribution < -0.4 is 5.32 Å². The van der Waals surface area contributed by atoms with Gasteiger partial charge in [0.15, 0.2) is 4.34 Å². The number of benzene rings is 1. The van der Waals surface area contributed by atoms with Crippen LogP contribution in [-0.4, -0.2) is 39.9 Å². The van der Waals surface area contributed by atoms with E-state index in [2.05, 4.69) is 25.5 Å². The Balaban J connectivity index is 1.53. The lowest BCUT2D eigenvalue weighted by Gasteiger charge is -2.03. The number of anilines is 1. The minimum atomic E-state index is -0.255. The van der Waals surface area contributed by atoms with Gasteiger partial charge in [-0.15, -0.1) is 21.5 Å². The highest BCUT2D eigenvalue weighted by molar-refractivity contribution is 8.01. The summed E-state index contributed by atoms with van der Waals surface area (Å²) in [6.45, 7) is 4.24. The molecule has 0 spiro atoms. The smallest absolute Gasteiger partial charge is 0.206 e. The maximum atomic E-state index is 13.3. The third-order valence-electron chi connectivity index (χ3n) is 4.03. The van der Waals surface area contributed by atoms with Crippen LogP contribution in [0.4, 0.5) is 9.52 Å². The maximum Gasteiger partial charge on any atom is 0.206 e. The summed E-state index contributed by atoms with van der Waals surface area (Å²) < 4.78 is 19.4. The molecule has 0 atom stereocenters. The molecule has 10 heteroatoms. The molecule has 0 fully saturated rings. The van der Waals surface area contributed by atoms with Crippen LogP contribution >= 0.6 is 34.4 Å². The zero-order chi connectivity index (χ0) is 20.1. The molecule has 0 unspecified atom stereocenters. The number of hydrogen-bond acceptors (Lipinski definition) is 9. The Morgan fingerprint density at radius 3 is 2.86 bits per heavy atom. The molecule has 0 aliphatic heterocycles. The van der Waals surface area contributed by atoms with Crippen molar-refractivity contribution in [3.8, 4) is 11.1 Å². The molecule has 6 nitrogen and oxygen atoms in total. The van der Waals surface area contributed by atoms with E-state index in [1.54, 1.807) is 29.8 Å². The van der Waals surface area contributed by atoms with Crippen LogP contribution in [0, 0.1) is 5.82 Å². The summed E-state index contributed by atoms with van der Waals surface area (Å²) in [5, 5.41) is 16.3. The molecule has 4 rings (SSSR count). The van der Waals surface area contributed by atoms with Gasteiger partial charge in [0.1, 0.15) is 22.0 Å². The largest absolute Gasteiger partial charge is 0.382 e. The summed E-state index contributed by atoms with van der Waals surface area (Å²) in [7, 11) is 0. The molecule has 4 aromatic rings. The number of ether oxygens (including phenoxy) is 1. The van der Waals surface area contributed by atoms with Crippen molar-refractivity contribution in [2.24, 2.45) is 0 Å². The molecule has 3 heterocycles. The Morgan fingerprint density at radius 2 is 2.03 bits per heavy atom. The normalized spacial score (nSPS) is 11.2. The van der Waals surface area contributed by atoms with E-state index in [1.807, 2.05) is 12.3 Å². The van der Waals surface area contributed by atoms with Gasteiger partial charge in [-0.1, -0.05) is 23.5 Å². The Hall–Kier alpha value is -2.14. The van der Waals surface area contributed by atoms with Crippen molar-refractivity contribution in [3.05, 3.63) is 41.8 Å². The summed E-state index contributed by atoms with van der Waals surface area (Å²) in [5.74, 6) is -0.255. The first-order valence-corrected chi connectivity index (χ1v) is 11.6. The zero-order valence-corrected chi connectivity index (χ0v) is 18.0. The van der Waals surface area contributed by atoms with Crippen molar-refractivity contribution >= 4 is 49.8 Å². The molecule has 1 aromatic carbocycles. The molecule has 1 N–H and O–H groups in total. The highest BCUT2D eigenvalue weighted by Gasteiger charge is 2.16. The van der Waals surface area contributed by atoms with Crippen molar-refractivity contribution in [2.45, 2.75) is 22.7 Å². The lowest BCUT2D eigenvalue weighted by molar-refractivity contribution is 0.147. The zero-order valence-electron chi connectivity index (χ0n) is 15.6. The van der Waals surface area contributed by atoms with E-state index in [1.165, 1.54) is 35.2 Å². The van der Waals surface area contributed by atoms with Gasteiger partial charge >= 0.3 is 0 Å². The second kappa shape index (κ2) is 9.57. The van der Waals surface area contributed by atoms with Gasteiger partial charge in [-0.25, -0.2) is 14.4 Å². The molecule has 0 aliphatic carbocycles. The van der Waals surface area contributed by atoms with E-state index in [0.717, 1.165) is 62.0 Å². The summed E-state index contributed by atoms with van der Waals surface area (Å²) in [4.78, 5) is 9.74. The van der Waals surface area contributed by atoms with E-state index in [-0.39, 0.29) is 5.82 Å². The van der Waals surface area contributed by atoms with Gasteiger partial charge in [-0.05, 0) is 42.8 Å². The summed E-state index contributed by atoms with van der Waals surface area (Å²) in [6.07, 6.45) is 2.47. The molecule has 0 bridgehead atoms. The summed E-state index contributed by atoms with van der Waals surface area (Å²) in [5.41, 5.74) is 1.93. The fourth-order valence-corrected chi connectivity index (χ4v) is 5.47. The van der Waals surface area contributed by atoms with Crippen LogP contribution in [0.2, 0.25) is 0 Å². The van der Waals surface area contributed by atoms with Gasteiger partial charge in [0.05, 0.1) is 5.39 Å². The van der Waals surface area contributed by atoms with Gasteiger partial charge in [0.2, 0.25) is 5.13 Å². The molecule has 0 saturated carbocycles. The molecule has 3 aromatic heterocycles. The second-order valence-electron chi connectivity index (χ2n) is 5.97. The Kier molecular flexibility index (Phi) is 6.65. The predicted octanol–water partition coefficient (Wildman–Crippen LogP) is 5.34. The van der Waals surface area contributed by atoms with Gasteiger partial charge < -0.3 is 10.1 Å². The average Bonchev–Trinajstić information content (AvgIpc) is 3.36. The van der Waals surface area contributed by atoms with Gasteiger partial charge in [0.25, 0.3) is 0 Å². The number of rotatable bonds is 9. The first-order valence-electron chi connectivity index (χ1n) is 9.05. The van der Waals surface area contributed by atoms with Crippen LogP contribution in [0.1, 0.15) is 13.3 Å². The van der Waals surface area contributed by atoms with Crippen molar-refractivity contribution < 1.29 is 9.13 Å². The van der Waals surface area contributed by atoms with E-state index < -0.39 is 0 Å². The van der Waals surface area contributed by atoms with Gasteiger partial charge in [-0.3, -0.25) is 0 Å². The van der Waals surface area contributed by atoms with Crippen LogP contribution in [-0.2, 0) is 4.74 Å². The minimum Gasteiger partial charge on any atom is -0.382 e. The topological polar surface area (TPSA) is 72.8 Å². The van der Waals surface area contributed by atoms with Crippen LogP contribution in [0.15, 0.2) is 45.3 Å². The van der Waals surface area contributed by atoms with E-state index in [9.17, 15) is 4.39 Å². The highest BCUT2D eigenvalue weighted by Crippen LogP contribution is 2.41. The number of thiophene rings is 1. The third-order valence-corrected chi connectivity index (χ3v) is 6.85. The van der Waals surface area contributed by atoms with Crippen molar-refractivity contribution in [1.29, 1.82) is 0 Å². The first kappa shape index (κ1) is 20.1. The molecular weight excluding hydrogens is 429 g/mol. The second-order valence-corrected chi connectivity index (χ2v) is 9.04. The van der Waals surface area contributed by atoms with Crippen LogP contribution in [0.5, 0.6) is 0 Å². The van der Waals surface area contributed by atoms with Crippen molar-refractivity contribution in [3.63, 3.8) is 0 Å². The lowest BCUT2D eigenvalue weighted by Crippen LogP contribution is -2.05. The first-order chi connectivity index (χ1) is 14.2. The van der Waals surface area contributed by atoms with Crippen LogP contribution in [0.25, 0.3) is 21.3 Å². The predicted molar refractivity (Wildman–Crippen MR) is 116 cm³/mol. The van der Waals surface area contributed by atoms with E-state index >= 15 is 0 Å². The standard InChI is InChI=1S/C19H18FN5OS3/c1-2-26-9-3-8-21-18-24-25-19(29-18)28-17-15-14(10-27-16(15)22-11-23-17)12-4-6-13(20)7-5-12/h4-7,10-11H,2-3,8-9H2,1H3,(H,21,24). The lowest BCUT2D eigenvalue weighted by atomic mass is 10.1. The maximum absolute atomic E-state index is 13.3. The quantitative estimate of drug-likeness (QED) is 0.274. The fourth-order valence-electron chi connectivity index (χ4n) is 2.69. The molecule has 0 aliphatic rings. The number of nitrogens with one attached hydrogen (secondary N) is 1. The summed E-state index contributed by atoms with van der Waals surface area (Å²) in [6, 6.07) is 6.47. The van der Waals surface area contributed by atoms with Gasteiger partial charge in [-0.2, -0.15) is 0 Å². The summed E-state index contributed by atoms with van der Waals surface area (Å²) >= 11 is 4.50. The van der Waals surface area contributed by atoms with Crippen molar-refractivity contribution in [1.82, 2.24) is 20.2 Å². The molecule has 0 saturated heterocycles. The molecular formula is C19H18FN5OS3. The fraction of sp³-hybridized carbons (Fsp3) is 0.263. The van der Waals surface area contributed by atoms with Gasteiger partial charge in [0, 0.05) is 30.7 Å². The minimum absolute atomic E-state index is 0.255. The molecule has 0 radical (unpaired) electrons. The number of aromatic nitrogens is 4. The van der Waals surface area contributed by atoms with E-state index in [4.69, 9.17) is 4.74 Å². The molecule has 150 valence electrons. The number of hydrogen-bond donors (Lipinski definition) is 1. The Labute approximate surface area is 179 Å². The number of fused-ring (bicyclic) bond motifs is 1. The van der Waals surface area contributed by atoms with Crippen molar-refractivity contribution in [2.75, 3.05) is 25.1 Å². The third kappa shape index (κ3) is 4.89. The Morgan fingerprint density at radius 1 is 1.17 bits per heavy atom. The van der Waals surface area contributed by atoms with E-state index in [0.29, 0.717) is 0 Å². The highest BCUT2D eigenvalue weighted by atomic mass is 32.2. The number of nitrogens with zero attached hydrogens (tertiary/aromatic N) is 4. The monoisotopic (exact) mass is 447 g/mol. The molecule has 0 amide bonds. The van der Waals surface area contributed by atoms with Crippen LogP contribution in [0.3, 0.4) is 0 Å². The Bertz CT molecular complexity index is 1080. The molecule has 29 heavy (non-hydrogen) atoms. The number of halogens is 1. The SMILES string of the molecule is CCOCCCNc1nnc(Sc2ncnc3scc(-c4ccc(F)cc4)c23)s1. The average molecular weight is 448 g/mol.